The minimum absolute atomic E-state index is 0.184. The summed E-state index contributed by atoms with van der Waals surface area (Å²) in [4.78, 5) is 19.1. The van der Waals surface area contributed by atoms with E-state index < -0.39 is 18.4 Å². The summed E-state index contributed by atoms with van der Waals surface area (Å²) in [7, 11) is 0. The quantitative estimate of drug-likeness (QED) is 0.318. The maximum atomic E-state index is 9.70. The molecule has 0 rings (SSSR count). The van der Waals surface area contributed by atoms with Gasteiger partial charge < -0.3 is 24.9 Å². The van der Waals surface area contributed by atoms with Crippen molar-refractivity contribution in [3.63, 3.8) is 0 Å². The fourth-order valence-electron chi connectivity index (χ4n) is 0.248. The topological polar surface area (TPSA) is 107 Å². The molecule has 0 unspecified atom stereocenters. The number of aliphatic hydroxyl groups excluding tert-OH is 2. The molecular formula is C4H5O6-. The van der Waals surface area contributed by atoms with Crippen LogP contribution in [0.5, 0.6) is 0 Å². The van der Waals surface area contributed by atoms with E-state index in [1.54, 1.807) is 0 Å². The minimum Gasteiger partial charge on any atom is -0.547 e. The first kappa shape index (κ1) is 8.86. The maximum Gasteiger partial charge on any atom is 0.295 e. The van der Waals surface area contributed by atoms with Crippen LogP contribution in [0.4, 0.5) is 0 Å². The van der Waals surface area contributed by atoms with E-state index in [0.717, 1.165) is 0 Å². The average Bonchev–Trinajstić information content (AvgIpc) is 1.87. The highest BCUT2D eigenvalue weighted by Crippen LogP contribution is 1.91. The molecule has 0 fully saturated rings. The number of aliphatic hydroxyl groups is 2. The number of carboxylic acids is 1. The third-order valence-corrected chi connectivity index (χ3v) is 0.707. The largest absolute Gasteiger partial charge is 0.547 e. The fraction of sp³-hybridized carbons (Fsp3) is 0.500. The van der Waals surface area contributed by atoms with Gasteiger partial charge in [0.1, 0.15) is 0 Å². The van der Waals surface area contributed by atoms with Crippen LogP contribution in [0, 0.1) is 0 Å². The van der Waals surface area contributed by atoms with E-state index in [0.29, 0.717) is 0 Å². The highest BCUT2D eigenvalue weighted by Gasteiger charge is 2.17. The lowest BCUT2D eigenvalue weighted by atomic mass is 10.3. The predicted octanol–water partition coefficient (Wildman–Crippen LogP) is -3.41. The van der Waals surface area contributed by atoms with Gasteiger partial charge in [0, 0.05) is 0 Å². The van der Waals surface area contributed by atoms with Crippen LogP contribution in [0.3, 0.4) is 0 Å². The lowest BCUT2D eigenvalue weighted by molar-refractivity contribution is -0.323. The van der Waals surface area contributed by atoms with Crippen LogP contribution in [-0.2, 0) is 14.3 Å². The Hall–Kier alpha value is -1.14. The third-order valence-electron chi connectivity index (χ3n) is 0.707. The molecule has 2 atom stereocenters. The molecule has 0 aliphatic heterocycles. The van der Waals surface area contributed by atoms with Crippen LogP contribution < -0.4 is 5.11 Å². The number of carboxylic acid groups (broad SMARTS) is 1. The second-order valence-corrected chi connectivity index (χ2v) is 1.39. The molecule has 0 heterocycles. The van der Waals surface area contributed by atoms with Crippen LogP contribution in [-0.4, -0.2) is 35.0 Å². The summed E-state index contributed by atoms with van der Waals surface area (Å²) in [5.41, 5.74) is 0. The number of carbonyl (C=O) groups excluding carboxylic acids is 2. The number of hydrogen-bond donors (Lipinski definition) is 2. The van der Waals surface area contributed by atoms with Crippen molar-refractivity contribution in [3.05, 3.63) is 0 Å². The molecule has 10 heavy (non-hydrogen) atoms. The summed E-state index contributed by atoms with van der Waals surface area (Å²) in [5, 5.41) is 26.4. The van der Waals surface area contributed by atoms with Crippen molar-refractivity contribution in [3.8, 4) is 0 Å². The van der Waals surface area contributed by atoms with Gasteiger partial charge in [0.25, 0.3) is 6.47 Å². The first-order chi connectivity index (χ1) is 4.59. The second-order valence-electron chi connectivity index (χ2n) is 1.39. The molecule has 0 aromatic carbocycles. The molecule has 0 spiro atoms. The number of hydrogen-bond acceptors (Lipinski definition) is 6. The van der Waals surface area contributed by atoms with Gasteiger partial charge in [0.05, 0.1) is 5.97 Å². The van der Waals surface area contributed by atoms with Crippen molar-refractivity contribution in [1.82, 2.24) is 0 Å². The van der Waals surface area contributed by atoms with Crippen molar-refractivity contribution in [2.45, 2.75) is 12.4 Å². The van der Waals surface area contributed by atoms with Gasteiger partial charge in [-0.1, -0.05) is 0 Å². The molecule has 0 aliphatic rings. The maximum absolute atomic E-state index is 9.70. The van der Waals surface area contributed by atoms with E-state index in [-0.39, 0.29) is 6.47 Å². The Morgan fingerprint density at radius 2 is 2.10 bits per heavy atom. The van der Waals surface area contributed by atoms with Gasteiger partial charge in [-0.3, -0.25) is 4.79 Å². The molecule has 0 aliphatic carbocycles. The fourth-order valence-corrected chi connectivity index (χ4v) is 0.248. The molecule has 6 nitrogen and oxygen atoms in total. The lowest BCUT2D eigenvalue weighted by Crippen LogP contribution is -2.44. The number of rotatable bonds is 4. The Kier molecular flexibility index (Phi) is 3.37. The van der Waals surface area contributed by atoms with Gasteiger partial charge in [-0.2, -0.15) is 0 Å². The SMILES string of the molecule is O=CO[C@@H](O)[C@H](O)C(=O)[O-]. The van der Waals surface area contributed by atoms with E-state index in [9.17, 15) is 14.7 Å². The van der Waals surface area contributed by atoms with Crippen molar-refractivity contribution >= 4 is 12.4 Å². The van der Waals surface area contributed by atoms with Crippen LogP contribution in [0.2, 0.25) is 0 Å². The van der Waals surface area contributed by atoms with Crippen LogP contribution in [0.25, 0.3) is 0 Å². The van der Waals surface area contributed by atoms with E-state index in [2.05, 4.69) is 4.74 Å². The zero-order chi connectivity index (χ0) is 8.15. The molecule has 0 radical (unpaired) electrons. The average molecular weight is 149 g/mol. The minimum atomic E-state index is -2.20. The van der Waals surface area contributed by atoms with Gasteiger partial charge in [-0.25, -0.2) is 0 Å². The summed E-state index contributed by atoms with van der Waals surface area (Å²) in [6, 6.07) is 0. The van der Waals surface area contributed by atoms with Crippen molar-refractivity contribution < 1.29 is 29.6 Å². The summed E-state index contributed by atoms with van der Waals surface area (Å²) >= 11 is 0. The Bertz CT molecular complexity index is 132. The highest BCUT2D eigenvalue weighted by atomic mass is 16.6. The monoisotopic (exact) mass is 149 g/mol. The summed E-state index contributed by atoms with van der Waals surface area (Å²) in [6.45, 7) is -0.184. The molecule has 6 heteroatoms. The van der Waals surface area contributed by atoms with E-state index >= 15 is 0 Å². The van der Waals surface area contributed by atoms with Gasteiger partial charge in [-0.05, 0) is 0 Å². The summed E-state index contributed by atoms with van der Waals surface area (Å²) in [5.74, 6) is -1.91. The van der Waals surface area contributed by atoms with Gasteiger partial charge in [0.15, 0.2) is 6.10 Å². The van der Waals surface area contributed by atoms with Gasteiger partial charge >= 0.3 is 0 Å². The molecule has 0 amide bonds. The highest BCUT2D eigenvalue weighted by molar-refractivity contribution is 5.70. The number of carbonyl (C=O) groups is 2. The predicted molar refractivity (Wildman–Crippen MR) is 24.2 cm³/mol. The lowest BCUT2D eigenvalue weighted by Gasteiger charge is -2.15. The zero-order valence-electron chi connectivity index (χ0n) is 4.76. The van der Waals surface area contributed by atoms with E-state index in [4.69, 9.17) is 10.2 Å². The standard InChI is InChI=1S/C4H6O6/c5-1-10-4(9)2(6)3(7)8/h1-2,4,6,9H,(H,7,8)/p-1/t2-,4-/m1/s1. The van der Waals surface area contributed by atoms with Crippen LogP contribution in [0.1, 0.15) is 0 Å². The smallest absolute Gasteiger partial charge is 0.295 e. The molecule has 58 valence electrons. The third kappa shape index (κ3) is 2.42. The summed E-state index contributed by atoms with van der Waals surface area (Å²) < 4.78 is 3.67. The zero-order valence-corrected chi connectivity index (χ0v) is 4.76. The Morgan fingerprint density at radius 3 is 2.40 bits per heavy atom. The second kappa shape index (κ2) is 3.80. The van der Waals surface area contributed by atoms with E-state index in [1.807, 2.05) is 0 Å². The number of aliphatic carboxylic acids is 1. The Balaban J connectivity index is 3.80. The number of ether oxygens (including phenoxy) is 1. The molecular weight excluding hydrogens is 144 g/mol. The van der Waals surface area contributed by atoms with Gasteiger partial charge in [0.2, 0.25) is 6.29 Å². The molecule has 0 aromatic rings. The van der Waals surface area contributed by atoms with Crippen LogP contribution >= 0.6 is 0 Å². The van der Waals surface area contributed by atoms with Gasteiger partial charge in [-0.15, -0.1) is 0 Å². The molecule has 0 saturated heterocycles. The van der Waals surface area contributed by atoms with Crippen molar-refractivity contribution in [2.24, 2.45) is 0 Å². The molecule has 0 saturated carbocycles. The first-order valence-electron chi connectivity index (χ1n) is 2.25. The van der Waals surface area contributed by atoms with E-state index in [1.165, 1.54) is 0 Å². The molecule has 2 N–H and O–H groups in total. The van der Waals surface area contributed by atoms with Crippen LogP contribution in [0.15, 0.2) is 0 Å². The Labute approximate surface area is 55.7 Å². The normalized spacial score (nSPS) is 15.4. The Morgan fingerprint density at radius 1 is 1.60 bits per heavy atom. The van der Waals surface area contributed by atoms with Crippen molar-refractivity contribution in [2.75, 3.05) is 0 Å². The summed E-state index contributed by atoms with van der Waals surface area (Å²) in [6.07, 6.45) is -4.27. The first-order valence-corrected chi connectivity index (χ1v) is 2.25. The van der Waals surface area contributed by atoms with Crippen molar-refractivity contribution in [1.29, 1.82) is 0 Å². The molecule has 0 aromatic heterocycles. The molecule has 0 bridgehead atoms.